The third kappa shape index (κ3) is 4.25. The summed E-state index contributed by atoms with van der Waals surface area (Å²) in [4.78, 5) is 17.3. The van der Waals surface area contributed by atoms with Crippen molar-refractivity contribution < 1.29 is 18.3 Å². The number of fused-ring (bicyclic) bond motifs is 1. The minimum Gasteiger partial charge on any atom is -0.485 e. The first-order valence-corrected chi connectivity index (χ1v) is 9.58. The van der Waals surface area contributed by atoms with Gasteiger partial charge in [0.1, 0.15) is 23.9 Å². The summed E-state index contributed by atoms with van der Waals surface area (Å²) < 4.78 is 35.1. The predicted molar refractivity (Wildman–Crippen MR) is 107 cm³/mol. The fourth-order valence-corrected chi connectivity index (χ4v) is 3.22. The second kappa shape index (κ2) is 8.91. The summed E-state index contributed by atoms with van der Waals surface area (Å²) in [5.74, 6) is -1.43. The number of amides is 1. The Bertz CT molecular complexity index is 1110. The van der Waals surface area contributed by atoms with E-state index >= 15 is 0 Å². The van der Waals surface area contributed by atoms with Crippen molar-refractivity contribution in [3.63, 3.8) is 0 Å². The van der Waals surface area contributed by atoms with Crippen LogP contribution in [-0.2, 0) is 6.61 Å². The molecule has 0 saturated heterocycles. The Kier molecular flexibility index (Phi) is 6.31. The molecule has 156 valence electrons. The van der Waals surface area contributed by atoms with Crippen LogP contribution in [0.4, 0.5) is 8.78 Å². The Morgan fingerprint density at radius 1 is 1.33 bits per heavy atom. The smallest absolute Gasteiger partial charge is 0.270 e. The molecule has 3 rings (SSSR count). The molecule has 2 heterocycles. The number of nitrogens with one attached hydrogen (secondary N) is 1. The first-order chi connectivity index (χ1) is 14.3. The fraction of sp³-hybridized carbons (Fsp3) is 0.318. The molecule has 30 heavy (non-hydrogen) atoms. The van der Waals surface area contributed by atoms with Crippen LogP contribution in [-0.4, -0.2) is 21.3 Å². The van der Waals surface area contributed by atoms with Crippen LogP contribution in [0.2, 0.25) is 0 Å². The largest absolute Gasteiger partial charge is 0.485 e. The number of hydrogen-bond donors (Lipinski definition) is 1. The highest BCUT2D eigenvalue weighted by Crippen LogP contribution is 2.26. The molecule has 1 N–H and O–H groups in total. The molecule has 0 radical (unpaired) electrons. The van der Waals surface area contributed by atoms with Crippen LogP contribution >= 0.6 is 0 Å². The average Bonchev–Trinajstić information content (AvgIpc) is 3.02. The number of ether oxygens (including phenoxy) is 1. The van der Waals surface area contributed by atoms with Gasteiger partial charge < -0.3 is 10.1 Å². The number of rotatable bonds is 7. The molecule has 0 aliphatic carbocycles. The van der Waals surface area contributed by atoms with Crippen LogP contribution in [0.3, 0.4) is 0 Å². The number of aromatic nitrogens is 2. The summed E-state index contributed by atoms with van der Waals surface area (Å²) in [6, 6.07) is 7.12. The zero-order valence-electron chi connectivity index (χ0n) is 17.0. The van der Waals surface area contributed by atoms with Gasteiger partial charge in [-0.2, -0.15) is 5.26 Å². The van der Waals surface area contributed by atoms with Crippen molar-refractivity contribution in [2.75, 3.05) is 0 Å². The van der Waals surface area contributed by atoms with E-state index in [-0.39, 0.29) is 30.5 Å². The van der Waals surface area contributed by atoms with Gasteiger partial charge in [0, 0.05) is 12.2 Å². The molecular formula is C22H22F2N4O2. The Hall–Kier alpha value is -3.47. The van der Waals surface area contributed by atoms with Gasteiger partial charge in [-0.25, -0.2) is 13.8 Å². The number of aryl methyl sites for hydroxylation is 2. The number of imidazole rings is 1. The van der Waals surface area contributed by atoms with E-state index in [1.54, 1.807) is 23.6 Å². The van der Waals surface area contributed by atoms with Crippen LogP contribution in [0.25, 0.3) is 5.65 Å². The molecule has 3 aromatic rings. The van der Waals surface area contributed by atoms with Crippen molar-refractivity contribution in [3.05, 3.63) is 64.6 Å². The molecular weight excluding hydrogens is 390 g/mol. The first-order valence-electron chi connectivity index (χ1n) is 9.58. The van der Waals surface area contributed by atoms with Crippen molar-refractivity contribution in [3.8, 4) is 11.8 Å². The highest BCUT2D eigenvalue weighted by molar-refractivity contribution is 5.95. The van der Waals surface area contributed by atoms with E-state index in [1.165, 1.54) is 18.2 Å². The maximum absolute atomic E-state index is 13.9. The zero-order valence-corrected chi connectivity index (χ0v) is 17.0. The molecule has 0 spiro atoms. The molecule has 1 aromatic carbocycles. The number of benzene rings is 1. The first kappa shape index (κ1) is 21.2. The second-order valence-corrected chi connectivity index (χ2v) is 7.05. The van der Waals surface area contributed by atoms with Gasteiger partial charge in [0.25, 0.3) is 5.91 Å². The van der Waals surface area contributed by atoms with Crippen LogP contribution in [0, 0.1) is 36.8 Å². The molecule has 8 heteroatoms. The van der Waals surface area contributed by atoms with Gasteiger partial charge in [-0.15, -0.1) is 0 Å². The summed E-state index contributed by atoms with van der Waals surface area (Å²) in [7, 11) is 0. The zero-order chi connectivity index (χ0) is 21.8. The molecule has 1 unspecified atom stereocenters. The minimum atomic E-state index is -0.693. The van der Waals surface area contributed by atoms with Gasteiger partial charge in [0.15, 0.2) is 11.4 Å². The van der Waals surface area contributed by atoms with E-state index < -0.39 is 11.6 Å². The standard InChI is InChI=1S/C22H22F2N4O2/c1-4-15(8-9-25)27-22(29)20-14(3)26-21-19(10-13(2)11-28(20)21)30-12-16-17(23)6-5-7-18(16)24/h5-7,10-11,15H,4,8,12H2,1-3H3,(H,27,29). The SMILES string of the molecule is CCC(CC#N)NC(=O)c1c(C)nc2c(OCc3c(F)cccc3F)cc(C)cn12. The normalized spacial score (nSPS) is 11.9. The number of carbonyl (C=O) groups is 1. The van der Waals surface area contributed by atoms with Crippen molar-refractivity contribution in [1.29, 1.82) is 5.26 Å². The Morgan fingerprint density at radius 3 is 2.67 bits per heavy atom. The van der Waals surface area contributed by atoms with E-state index in [0.29, 0.717) is 29.2 Å². The van der Waals surface area contributed by atoms with E-state index in [2.05, 4.69) is 16.4 Å². The van der Waals surface area contributed by atoms with Crippen LogP contribution in [0.15, 0.2) is 30.5 Å². The summed E-state index contributed by atoms with van der Waals surface area (Å²) in [6.45, 7) is 5.09. The maximum atomic E-state index is 13.9. The van der Waals surface area contributed by atoms with Crippen molar-refractivity contribution in [1.82, 2.24) is 14.7 Å². The van der Waals surface area contributed by atoms with Gasteiger partial charge in [0.05, 0.1) is 23.7 Å². The number of nitrogens with zero attached hydrogens (tertiary/aromatic N) is 3. The molecule has 1 atom stereocenters. The van der Waals surface area contributed by atoms with Gasteiger partial charge in [-0.3, -0.25) is 9.20 Å². The predicted octanol–water partition coefficient (Wildman–Crippen LogP) is 4.23. The van der Waals surface area contributed by atoms with Crippen molar-refractivity contribution in [2.45, 2.75) is 46.3 Å². The number of nitriles is 1. The molecule has 6 nitrogen and oxygen atoms in total. The van der Waals surface area contributed by atoms with Crippen molar-refractivity contribution in [2.24, 2.45) is 0 Å². The number of pyridine rings is 1. The van der Waals surface area contributed by atoms with Crippen molar-refractivity contribution >= 4 is 11.6 Å². The van der Waals surface area contributed by atoms with Crippen LogP contribution < -0.4 is 10.1 Å². The Balaban J connectivity index is 1.96. The van der Waals surface area contributed by atoms with Gasteiger partial charge in [-0.05, 0) is 44.0 Å². The topological polar surface area (TPSA) is 79.4 Å². The van der Waals surface area contributed by atoms with E-state index in [0.717, 1.165) is 5.56 Å². The lowest BCUT2D eigenvalue weighted by atomic mass is 10.1. The lowest BCUT2D eigenvalue weighted by Gasteiger charge is -2.14. The third-order valence-corrected chi connectivity index (χ3v) is 4.81. The monoisotopic (exact) mass is 412 g/mol. The van der Waals surface area contributed by atoms with E-state index in [1.807, 2.05) is 13.8 Å². The number of halogens is 2. The van der Waals surface area contributed by atoms with Crippen LogP contribution in [0.1, 0.15) is 47.1 Å². The second-order valence-electron chi connectivity index (χ2n) is 7.05. The van der Waals surface area contributed by atoms with Gasteiger partial charge in [0.2, 0.25) is 0 Å². The van der Waals surface area contributed by atoms with Gasteiger partial charge in [-0.1, -0.05) is 13.0 Å². The quantitative estimate of drug-likeness (QED) is 0.630. The fourth-order valence-electron chi connectivity index (χ4n) is 3.22. The maximum Gasteiger partial charge on any atom is 0.270 e. The molecule has 0 aliphatic heterocycles. The highest BCUT2D eigenvalue weighted by Gasteiger charge is 2.22. The molecule has 0 aliphatic rings. The van der Waals surface area contributed by atoms with Gasteiger partial charge >= 0.3 is 0 Å². The lowest BCUT2D eigenvalue weighted by molar-refractivity contribution is 0.0930. The summed E-state index contributed by atoms with van der Waals surface area (Å²) in [5, 5.41) is 11.8. The minimum absolute atomic E-state index is 0.180. The Morgan fingerprint density at radius 2 is 2.03 bits per heavy atom. The summed E-state index contributed by atoms with van der Waals surface area (Å²) in [5.41, 5.74) is 1.77. The lowest BCUT2D eigenvalue weighted by Crippen LogP contribution is -2.35. The van der Waals surface area contributed by atoms with E-state index in [4.69, 9.17) is 10.00 Å². The molecule has 0 bridgehead atoms. The highest BCUT2D eigenvalue weighted by atomic mass is 19.1. The molecule has 0 saturated carbocycles. The molecule has 1 amide bonds. The third-order valence-electron chi connectivity index (χ3n) is 4.81. The molecule has 0 fully saturated rings. The average molecular weight is 412 g/mol. The number of hydrogen-bond acceptors (Lipinski definition) is 4. The Labute approximate surface area is 173 Å². The summed E-state index contributed by atoms with van der Waals surface area (Å²) in [6.07, 6.45) is 2.57. The number of carbonyl (C=O) groups excluding carboxylic acids is 1. The summed E-state index contributed by atoms with van der Waals surface area (Å²) >= 11 is 0. The van der Waals surface area contributed by atoms with Crippen LogP contribution in [0.5, 0.6) is 5.75 Å². The van der Waals surface area contributed by atoms with E-state index in [9.17, 15) is 13.6 Å². The molecule has 2 aromatic heterocycles.